The maximum absolute atomic E-state index is 12.0. The average Bonchev–Trinajstić information content (AvgIpc) is 2.96. The molecule has 1 amide bonds. The molecule has 108 valence electrons. The highest BCUT2D eigenvalue weighted by Gasteiger charge is 2.11. The molecular weight excluding hydrogens is 278 g/mol. The average molecular weight is 297 g/mol. The van der Waals surface area contributed by atoms with E-state index in [1.165, 1.54) is 28.9 Å². The summed E-state index contributed by atoms with van der Waals surface area (Å²) in [5, 5.41) is 3.01. The number of nitrogens with one attached hydrogen (secondary N) is 1. The molecule has 0 radical (unpaired) electrons. The first-order valence-corrected chi connectivity index (χ1v) is 8.39. The van der Waals surface area contributed by atoms with Gasteiger partial charge in [0.1, 0.15) is 0 Å². The fraction of sp³-hybridized carbons (Fsp3) is 0.278. The second-order valence-corrected chi connectivity index (χ2v) is 6.47. The van der Waals surface area contributed by atoms with Gasteiger partial charge in [-0.1, -0.05) is 24.3 Å². The minimum Gasteiger partial charge on any atom is -0.326 e. The summed E-state index contributed by atoms with van der Waals surface area (Å²) in [7, 11) is 0. The van der Waals surface area contributed by atoms with Gasteiger partial charge in [0, 0.05) is 22.8 Å². The molecule has 0 fully saturated rings. The van der Waals surface area contributed by atoms with Gasteiger partial charge in [0.25, 0.3) is 0 Å². The summed E-state index contributed by atoms with van der Waals surface area (Å²) in [4.78, 5) is 13.2. The van der Waals surface area contributed by atoms with E-state index in [2.05, 4.69) is 29.6 Å². The zero-order valence-corrected chi connectivity index (χ0v) is 12.8. The highest BCUT2D eigenvalue weighted by Crippen LogP contribution is 2.25. The molecule has 0 aromatic heterocycles. The molecule has 0 saturated carbocycles. The van der Waals surface area contributed by atoms with Crippen molar-refractivity contribution in [1.82, 2.24) is 0 Å². The zero-order chi connectivity index (χ0) is 14.5. The summed E-state index contributed by atoms with van der Waals surface area (Å²) in [5.74, 6) is 0.900. The Balaban J connectivity index is 1.48. The summed E-state index contributed by atoms with van der Waals surface area (Å²) in [6, 6.07) is 16.5. The standard InChI is InChI=1S/C18H19NOS/c20-18(11-12-21-17-7-2-1-3-8-17)19-16-10-9-14-5-4-6-15(14)13-16/h1-3,7-10,13H,4-6,11-12H2,(H,19,20). The third-order valence-corrected chi connectivity index (χ3v) is 4.74. The number of rotatable bonds is 5. The molecule has 0 aliphatic heterocycles. The van der Waals surface area contributed by atoms with Crippen molar-refractivity contribution in [3.05, 3.63) is 59.7 Å². The Kier molecular flexibility index (Phi) is 4.61. The molecule has 0 bridgehead atoms. The molecule has 3 rings (SSSR count). The highest BCUT2D eigenvalue weighted by atomic mass is 32.2. The van der Waals surface area contributed by atoms with Crippen LogP contribution in [-0.2, 0) is 17.6 Å². The van der Waals surface area contributed by atoms with Crippen molar-refractivity contribution >= 4 is 23.4 Å². The molecular formula is C18H19NOS. The number of hydrogen-bond acceptors (Lipinski definition) is 2. The van der Waals surface area contributed by atoms with E-state index in [0.29, 0.717) is 6.42 Å². The van der Waals surface area contributed by atoms with Gasteiger partial charge in [-0.15, -0.1) is 11.8 Å². The minimum absolute atomic E-state index is 0.0939. The van der Waals surface area contributed by atoms with Crippen molar-refractivity contribution in [3.63, 3.8) is 0 Å². The molecule has 2 aromatic rings. The number of anilines is 1. The second kappa shape index (κ2) is 6.81. The van der Waals surface area contributed by atoms with E-state index in [-0.39, 0.29) is 5.91 Å². The van der Waals surface area contributed by atoms with Gasteiger partial charge in [0.05, 0.1) is 0 Å². The second-order valence-electron chi connectivity index (χ2n) is 5.30. The number of fused-ring (bicyclic) bond motifs is 1. The molecule has 21 heavy (non-hydrogen) atoms. The molecule has 1 aliphatic rings. The molecule has 0 atom stereocenters. The van der Waals surface area contributed by atoms with Crippen molar-refractivity contribution < 1.29 is 4.79 Å². The van der Waals surface area contributed by atoms with Crippen LogP contribution in [0.3, 0.4) is 0 Å². The number of hydrogen-bond donors (Lipinski definition) is 1. The van der Waals surface area contributed by atoms with E-state index in [0.717, 1.165) is 17.9 Å². The Labute approximate surface area is 130 Å². The summed E-state index contributed by atoms with van der Waals surface area (Å²) < 4.78 is 0. The van der Waals surface area contributed by atoms with Crippen LogP contribution in [0, 0.1) is 0 Å². The summed E-state index contributed by atoms with van der Waals surface area (Å²) in [6.45, 7) is 0. The van der Waals surface area contributed by atoms with Crippen molar-refractivity contribution in [1.29, 1.82) is 0 Å². The molecule has 2 nitrogen and oxygen atoms in total. The lowest BCUT2D eigenvalue weighted by atomic mass is 10.1. The topological polar surface area (TPSA) is 29.1 Å². The first-order chi connectivity index (χ1) is 10.3. The minimum atomic E-state index is 0.0939. The fourth-order valence-electron chi connectivity index (χ4n) is 2.65. The van der Waals surface area contributed by atoms with Gasteiger partial charge in [0.15, 0.2) is 0 Å². The van der Waals surface area contributed by atoms with Crippen molar-refractivity contribution in [2.45, 2.75) is 30.6 Å². The quantitative estimate of drug-likeness (QED) is 0.834. The summed E-state index contributed by atoms with van der Waals surface area (Å²) in [6.07, 6.45) is 4.09. The van der Waals surface area contributed by atoms with Crippen LogP contribution in [0.15, 0.2) is 53.4 Å². The Hall–Kier alpha value is -1.74. The first kappa shape index (κ1) is 14.2. The molecule has 1 N–H and O–H groups in total. The lowest BCUT2D eigenvalue weighted by molar-refractivity contribution is -0.115. The van der Waals surface area contributed by atoms with Crippen LogP contribution >= 0.6 is 11.8 Å². The van der Waals surface area contributed by atoms with E-state index in [4.69, 9.17) is 0 Å². The van der Waals surface area contributed by atoms with Gasteiger partial charge in [-0.2, -0.15) is 0 Å². The van der Waals surface area contributed by atoms with Crippen LogP contribution in [-0.4, -0.2) is 11.7 Å². The van der Waals surface area contributed by atoms with Crippen LogP contribution < -0.4 is 5.32 Å². The number of benzene rings is 2. The molecule has 0 spiro atoms. The Morgan fingerprint density at radius 2 is 1.86 bits per heavy atom. The van der Waals surface area contributed by atoms with Gasteiger partial charge in [-0.3, -0.25) is 4.79 Å². The number of thioether (sulfide) groups is 1. The molecule has 3 heteroatoms. The van der Waals surface area contributed by atoms with Gasteiger partial charge >= 0.3 is 0 Å². The Morgan fingerprint density at radius 1 is 1.05 bits per heavy atom. The normalized spacial score (nSPS) is 13.0. The smallest absolute Gasteiger partial charge is 0.225 e. The third-order valence-electron chi connectivity index (χ3n) is 3.72. The highest BCUT2D eigenvalue weighted by molar-refractivity contribution is 7.99. The molecule has 1 aliphatic carbocycles. The predicted octanol–water partition coefficient (Wildman–Crippen LogP) is 4.30. The van der Waals surface area contributed by atoms with Gasteiger partial charge in [-0.05, 0) is 54.7 Å². The maximum Gasteiger partial charge on any atom is 0.225 e. The molecule has 2 aromatic carbocycles. The molecule has 0 saturated heterocycles. The van der Waals surface area contributed by atoms with Crippen LogP contribution in [0.2, 0.25) is 0 Å². The number of amides is 1. The predicted molar refractivity (Wildman–Crippen MR) is 88.9 cm³/mol. The fourth-order valence-corrected chi connectivity index (χ4v) is 3.52. The van der Waals surface area contributed by atoms with E-state index in [9.17, 15) is 4.79 Å². The Morgan fingerprint density at radius 3 is 2.71 bits per heavy atom. The van der Waals surface area contributed by atoms with Crippen LogP contribution in [0.4, 0.5) is 5.69 Å². The largest absolute Gasteiger partial charge is 0.326 e. The van der Waals surface area contributed by atoms with E-state index < -0.39 is 0 Å². The number of carbonyl (C=O) groups excluding carboxylic acids is 1. The lowest BCUT2D eigenvalue weighted by Crippen LogP contribution is -2.12. The zero-order valence-electron chi connectivity index (χ0n) is 12.0. The number of aryl methyl sites for hydroxylation is 2. The monoisotopic (exact) mass is 297 g/mol. The van der Waals surface area contributed by atoms with Crippen molar-refractivity contribution in [2.24, 2.45) is 0 Å². The summed E-state index contributed by atoms with van der Waals surface area (Å²) >= 11 is 1.72. The van der Waals surface area contributed by atoms with E-state index in [1.54, 1.807) is 11.8 Å². The Bertz CT molecular complexity index is 624. The van der Waals surface area contributed by atoms with Crippen LogP contribution in [0.1, 0.15) is 24.0 Å². The van der Waals surface area contributed by atoms with E-state index >= 15 is 0 Å². The lowest BCUT2D eigenvalue weighted by Gasteiger charge is -2.07. The van der Waals surface area contributed by atoms with Crippen molar-refractivity contribution in [3.8, 4) is 0 Å². The van der Waals surface area contributed by atoms with Gasteiger partial charge < -0.3 is 5.32 Å². The SMILES string of the molecule is O=C(CCSc1ccccc1)Nc1ccc2c(c1)CCC2. The van der Waals surface area contributed by atoms with E-state index in [1.807, 2.05) is 24.3 Å². The maximum atomic E-state index is 12.0. The van der Waals surface area contributed by atoms with Gasteiger partial charge in [-0.25, -0.2) is 0 Å². The molecule has 0 unspecified atom stereocenters. The van der Waals surface area contributed by atoms with Crippen molar-refractivity contribution in [2.75, 3.05) is 11.1 Å². The first-order valence-electron chi connectivity index (χ1n) is 7.41. The summed E-state index contributed by atoms with van der Waals surface area (Å²) in [5.41, 5.74) is 3.77. The third kappa shape index (κ3) is 3.88. The van der Waals surface area contributed by atoms with Crippen LogP contribution in [0.25, 0.3) is 0 Å². The van der Waals surface area contributed by atoms with Gasteiger partial charge in [0.2, 0.25) is 5.91 Å². The molecule has 0 heterocycles. The van der Waals surface area contributed by atoms with Crippen LogP contribution in [0.5, 0.6) is 0 Å². The number of carbonyl (C=O) groups is 1.